The first-order valence-electron chi connectivity index (χ1n) is 8.26. The summed E-state index contributed by atoms with van der Waals surface area (Å²) in [6.45, 7) is 1.86. The van der Waals surface area contributed by atoms with Gasteiger partial charge in [-0.15, -0.1) is 11.8 Å². The van der Waals surface area contributed by atoms with Crippen LogP contribution in [0.25, 0.3) is 11.0 Å². The van der Waals surface area contributed by atoms with Gasteiger partial charge in [-0.3, -0.25) is 4.79 Å². The maximum Gasteiger partial charge on any atom is 0.336 e. The Morgan fingerprint density at radius 2 is 2.23 bits per heavy atom. The van der Waals surface area contributed by atoms with Crippen LogP contribution in [0.1, 0.15) is 25.3 Å². The molecule has 4 rings (SSSR count). The highest BCUT2D eigenvalue weighted by Crippen LogP contribution is 2.47. The molecular formula is C18H17NO6S. The molecule has 2 aliphatic rings. The van der Waals surface area contributed by atoms with Gasteiger partial charge in [-0.1, -0.05) is 0 Å². The summed E-state index contributed by atoms with van der Waals surface area (Å²) in [4.78, 5) is 37.7. The van der Waals surface area contributed by atoms with Gasteiger partial charge in [0.15, 0.2) is 0 Å². The molecule has 1 N–H and O–H groups in total. The highest BCUT2D eigenvalue weighted by Gasteiger charge is 2.53. The number of rotatable bonds is 3. The first-order valence-corrected chi connectivity index (χ1v) is 9.24. The normalized spacial score (nSPS) is 24.9. The van der Waals surface area contributed by atoms with E-state index in [0.717, 1.165) is 6.42 Å². The lowest BCUT2D eigenvalue weighted by Crippen LogP contribution is -2.46. The van der Waals surface area contributed by atoms with Gasteiger partial charge in [-0.25, -0.2) is 9.59 Å². The van der Waals surface area contributed by atoms with Crippen molar-refractivity contribution >= 4 is 34.6 Å². The molecule has 0 bridgehead atoms. The molecule has 136 valence electrons. The molecule has 8 heteroatoms. The van der Waals surface area contributed by atoms with Crippen molar-refractivity contribution in [3.8, 4) is 5.75 Å². The minimum Gasteiger partial charge on any atom is -0.508 e. The fourth-order valence-electron chi connectivity index (χ4n) is 3.58. The lowest BCUT2D eigenvalue weighted by Gasteiger charge is -2.29. The number of ether oxygens (including phenoxy) is 1. The van der Waals surface area contributed by atoms with Crippen molar-refractivity contribution in [2.45, 2.75) is 37.3 Å². The number of phenols is 1. The van der Waals surface area contributed by atoms with Gasteiger partial charge in [0.1, 0.15) is 24.0 Å². The Balaban J connectivity index is 1.55. The molecule has 2 atom stereocenters. The second-order valence-electron chi connectivity index (χ2n) is 6.64. The molecule has 26 heavy (non-hydrogen) atoms. The fourth-order valence-corrected chi connectivity index (χ4v) is 4.99. The van der Waals surface area contributed by atoms with Gasteiger partial charge in [0.2, 0.25) is 5.91 Å². The van der Waals surface area contributed by atoms with Gasteiger partial charge in [0.05, 0.1) is 4.87 Å². The molecule has 2 fully saturated rings. The molecule has 1 amide bonds. The topological polar surface area (TPSA) is 97.0 Å². The Kier molecular flexibility index (Phi) is 3.95. The standard InChI is InChI=1S/C18H17NO6S/c1-18-5-4-15(21)19(18)13(9-26-18)17(23)24-8-10-6-16(22)25-14-7-11(20)2-3-12(10)14/h2-3,6-7,13,20H,4-5,8-9H2,1H3/t13-,18-/m0/s1. The number of aromatic hydroxyl groups is 1. The fraction of sp³-hybridized carbons (Fsp3) is 0.389. The molecule has 2 aromatic rings. The highest BCUT2D eigenvalue weighted by atomic mass is 32.2. The predicted octanol–water partition coefficient (Wildman–Crippen LogP) is 2.00. The number of nitrogens with zero attached hydrogens (tertiary/aromatic N) is 1. The smallest absolute Gasteiger partial charge is 0.336 e. The number of hydrogen-bond acceptors (Lipinski definition) is 7. The van der Waals surface area contributed by atoms with E-state index in [2.05, 4.69) is 0 Å². The number of benzene rings is 1. The zero-order valence-electron chi connectivity index (χ0n) is 14.1. The lowest BCUT2D eigenvalue weighted by molar-refractivity contribution is -0.154. The summed E-state index contributed by atoms with van der Waals surface area (Å²) in [6, 6.07) is 5.07. The number of phenolic OH excluding ortho intramolecular Hbond substituents is 1. The van der Waals surface area contributed by atoms with E-state index in [1.54, 1.807) is 22.7 Å². The third-order valence-corrected chi connectivity index (χ3v) is 6.41. The van der Waals surface area contributed by atoms with Crippen LogP contribution in [0, 0.1) is 0 Å². The molecular weight excluding hydrogens is 358 g/mol. The van der Waals surface area contributed by atoms with Crippen LogP contribution in [0.5, 0.6) is 5.75 Å². The number of carbonyl (C=O) groups is 2. The minimum atomic E-state index is -0.601. The van der Waals surface area contributed by atoms with E-state index in [-0.39, 0.29) is 28.7 Å². The summed E-state index contributed by atoms with van der Waals surface area (Å²) in [5.74, 6) is -0.0194. The molecule has 7 nitrogen and oxygen atoms in total. The molecule has 0 spiro atoms. The van der Waals surface area contributed by atoms with E-state index in [1.165, 1.54) is 18.2 Å². The molecule has 0 unspecified atom stereocenters. The number of carbonyl (C=O) groups excluding carboxylic acids is 2. The summed E-state index contributed by atoms with van der Waals surface area (Å²) in [5, 5.41) is 10.1. The van der Waals surface area contributed by atoms with Crippen molar-refractivity contribution in [2.75, 3.05) is 5.75 Å². The zero-order chi connectivity index (χ0) is 18.5. The van der Waals surface area contributed by atoms with Crippen molar-refractivity contribution in [1.29, 1.82) is 0 Å². The van der Waals surface area contributed by atoms with Crippen molar-refractivity contribution in [3.63, 3.8) is 0 Å². The monoisotopic (exact) mass is 375 g/mol. The van der Waals surface area contributed by atoms with E-state index in [9.17, 15) is 19.5 Å². The Morgan fingerprint density at radius 3 is 3.04 bits per heavy atom. The van der Waals surface area contributed by atoms with Gasteiger partial charge in [0, 0.05) is 35.3 Å². The van der Waals surface area contributed by atoms with Crippen LogP contribution in [-0.2, 0) is 20.9 Å². The van der Waals surface area contributed by atoms with E-state index < -0.39 is 17.6 Å². The van der Waals surface area contributed by atoms with E-state index in [0.29, 0.717) is 23.1 Å². The molecule has 1 aromatic carbocycles. The van der Waals surface area contributed by atoms with Crippen LogP contribution in [-0.4, -0.2) is 38.5 Å². The molecule has 0 radical (unpaired) electrons. The van der Waals surface area contributed by atoms with E-state index >= 15 is 0 Å². The van der Waals surface area contributed by atoms with Crippen molar-refractivity contribution in [1.82, 2.24) is 4.90 Å². The van der Waals surface area contributed by atoms with E-state index in [1.807, 2.05) is 6.92 Å². The van der Waals surface area contributed by atoms with Crippen molar-refractivity contribution < 1.29 is 23.8 Å². The average Bonchev–Trinajstić information content (AvgIpc) is 3.08. The highest BCUT2D eigenvalue weighted by molar-refractivity contribution is 8.01. The molecule has 0 saturated carbocycles. The van der Waals surface area contributed by atoms with E-state index in [4.69, 9.17) is 9.15 Å². The number of esters is 1. The Labute approximate surface area is 152 Å². The molecule has 1 aromatic heterocycles. The molecule has 3 heterocycles. The van der Waals surface area contributed by atoms with Gasteiger partial charge in [-0.05, 0) is 25.5 Å². The second-order valence-corrected chi connectivity index (χ2v) is 8.15. The summed E-state index contributed by atoms with van der Waals surface area (Å²) >= 11 is 1.60. The SMILES string of the molecule is C[C@]12CCC(=O)N1[C@H](C(=O)OCc1cc(=O)oc3cc(O)ccc13)CS2. The Bertz CT molecular complexity index is 970. The van der Waals surface area contributed by atoms with Crippen LogP contribution in [0.4, 0.5) is 0 Å². The third kappa shape index (κ3) is 2.74. The summed E-state index contributed by atoms with van der Waals surface area (Å²) in [5.41, 5.74) is 0.126. The Morgan fingerprint density at radius 1 is 1.42 bits per heavy atom. The summed E-state index contributed by atoms with van der Waals surface area (Å²) in [6.07, 6.45) is 1.18. The van der Waals surface area contributed by atoms with Crippen LogP contribution in [0.15, 0.2) is 33.5 Å². The van der Waals surface area contributed by atoms with Crippen molar-refractivity contribution in [3.05, 3.63) is 40.2 Å². The predicted molar refractivity (Wildman–Crippen MR) is 94.7 cm³/mol. The van der Waals surface area contributed by atoms with Crippen LogP contribution in [0.3, 0.4) is 0 Å². The minimum absolute atomic E-state index is 0.0235. The number of thioether (sulfide) groups is 1. The molecule has 0 aliphatic carbocycles. The molecule has 2 saturated heterocycles. The number of amides is 1. The number of fused-ring (bicyclic) bond motifs is 2. The summed E-state index contributed by atoms with van der Waals surface area (Å²) in [7, 11) is 0. The average molecular weight is 375 g/mol. The van der Waals surface area contributed by atoms with Crippen LogP contribution in [0.2, 0.25) is 0 Å². The zero-order valence-corrected chi connectivity index (χ0v) is 14.9. The van der Waals surface area contributed by atoms with Crippen molar-refractivity contribution in [2.24, 2.45) is 0 Å². The number of hydrogen-bond donors (Lipinski definition) is 1. The first-order chi connectivity index (χ1) is 12.4. The first kappa shape index (κ1) is 17.0. The second kappa shape index (κ2) is 6.05. The quantitative estimate of drug-likeness (QED) is 0.647. The molecule has 2 aliphatic heterocycles. The van der Waals surface area contributed by atoms with Gasteiger partial charge < -0.3 is 19.2 Å². The van der Waals surface area contributed by atoms with Gasteiger partial charge >= 0.3 is 11.6 Å². The van der Waals surface area contributed by atoms with Crippen LogP contribution >= 0.6 is 11.8 Å². The summed E-state index contributed by atoms with van der Waals surface area (Å²) < 4.78 is 10.5. The Hall–Kier alpha value is -2.48. The van der Waals surface area contributed by atoms with Gasteiger partial charge in [-0.2, -0.15) is 0 Å². The third-order valence-electron chi connectivity index (χ3n) is 4.90. The maximum atomic E-state index is 12.6. The maximum absolute atomic E-state index is 12.6. The lowest BCUT2D eigenvalue weighted by atomic mass is 10.1. The van der Waals surface area contributed by atoms with Gasteiger partial charge in [0.25, 0.3) is 0 Å². The largest absolute Gasteiger partial charge is 0.508 e. The van der Waals surface area contributed by atoms with Crippen LogP contribution < -0.4 is 5.63 Å².